The fourth-order valence-corrected chi connectivity index (χ4v) is 2.61. The topological polar surface area (TPSA) is 26.7 Å². The predicted octanol–water partition coefficient (Wildman–Crippen LogP) is 2.10. The van der Waals surface area contributed by atoms with E-state index in [1.165, 1.54) is 6.07 Å². The van der Waals surface area contributed by atoms with Crippen molar-refractivity contribution in [2.45, 2.75) is 20.5 Å². The van der Waals surface area contributed by atoms with Crippen LogP contribution in [0.2, 0.25) is 0 Å². The average molecular weight is 266 g/mol. The van der Waals surface area contributed by atoms with E-state index in [-0.39, 0.29) is 12.4 Å². The van der Waals surface area contributed by atoms with Crippen molar-refractivity contribution in [3.8, 4) is 0 Å². The first-order valence-corrected chi connectivity index (χ1v) is 6.96. The molecule has 19 heavy (non-hydrogen) atoms. The number of nitrogens with zero attached hydrogens (tertiary/aromatic N) is 2. The number of hydrogen-bond donors (Lipinski definition) is 1. The summed E-state index contributed by atoms with van der Waals surface area (Å²) in [4.78, 5) is 4.65. The Hall–Kier alpha value is -1.13. The second-order valence-electron chi connectivity index (χ2n) is 5.66. The molecule has 3 nitrogen and oxygen atoms in total. The van der Waals surface area contributed by atoms with E-state index < -0.39 is 0 Å². The Bertz CT molecular complexity index is 415. The molecule has 0 atom stereocenters. The number of hydrogen-bond acceptors (Lipinski definition) is 3. The van der Waals surface area contributed by atoms with Gasteiger partial charge in [0.25, 0.3) is 0 Å². The van der Waals surface area contributed by atoms with Gasteiger partial charge in [0, 0.05) is 38.4 Å². The third-order valence-electron chi connectivity index (χ3n) is 3.49. The quantitative estimate of drug-likeness (QED) is 0.904. The Labute approximate surface area is 114 Å². The van der Waals surface area contributed by atoms with Gasteiger partial charge >= 0.3 is 0 Å². The molecule has 1 aliphatic rings. The van der Waals surface area contributed by atoms with Gasteiger partial charge in [-0.05, 0) is 29.7 Å². The van der Waals surface area contributed by atoms with Gasteiger partial charge in [-0.3, -0.25) is 4.90 Å². The summed E-state index contributed by atoms with van der Waals surface area (Å²) in [6, 6.07) is 4.82. The molecule has 106 valence electrons. The third-order valence-corrected chi connectivity index (χ3v) is 3.49. The molecule has 1 aromatic carbocycles. The number of aliphatic hydroxyl groups excluding tert-OH is 1. The van der Waals surface area contributed by atoms with Gasteiger partial charge in [-0.1, -0.05) is 13.8 Å². The summed E-state index contributed by atoms with van der Waals surface area (Å²) in [7, 11) is 0. The van der Waals surface area contributed by atoms with Gasteiger partial charge in [-0.25, -0.2) is 4.39 Å². The van der Waals surface area contributed by atoms with Crippen LogP contribution in [0.1, 0.15) is 19.4 Å². The minimum Gasteiger partial charge on any atom is -0.392 e. The zero-order valence-corrected chi connectivity index (χ0v) is 11.8. The fourth-order valence-electron chi connectivity index (χ4n) is 2.61. The summed E-state index contributed by atoms with van der Waals surface area (Å²) >= 11 is 0. The van der Waals surface area contributed by atoms with E-state index in [1.807, 2.05) is 6.07 Å². The van der Waals surface area contributed by atoms with Crippen molar-refractivity contribution < 1.29 is 9.50 Å². The Kier molecular flexibility index (Phi) is 4.77. The van der Waals surface area contributed by atoms with Crippen LogP contribution in [-0.2, 0) is 6.61 Å². The molecule has 1 heterocycles. The molecule has 0 spiro atoms. The van der Waals surface area contributed by atoms with Crippen molar-refractivity contribution in [1.29, 1.82) is 0 Å². The van der Waals surface area contributed by atoms with Crippen molar-refractivity contribution in [1.82, 2.24) is 4.90 Å². The Morgan fingerprint density at radius 3 is 2.42 bits per heavy atom. The molecule has 0 aromatic heterocycles. The van der Waals surface area contributed by atoms with Crippen LogP contribution in [0.3, 0.4) is 0 Å². The molecule has 0 bridgehead atoms. The molecule has 1 aliphatic heterocycles. The molecule has 1 N–H and O–H groups in total. The molecular formula is C15H23FN2O. The number of anilines is 1. The maximum atomic E-state index is 13.5. The first-order chi connectivity index (χ1) is 9.08. The first kappa shape index (κ1) is 14.3. The van der Waals surface area contributed by atoms with Crippen LogP contribution in [0.4, 0.5) is 10.1 Å². The molecule has 0 radical (unpaired) electrons. The van der Waals surface area contributed by atoms with Gasteiger partial charge in [-0.2, -0.15) is 0 Å². The van der Waals surface area contributed by atoms with Gasteiger partial charge in [0.15, 0.2) is 0 Å². The summed E-state index contributed by atoms with van der Waals surface area (Å²) in [6.07, 6.45) is 0. The van der Waals surface area contributed by atoms with Crippen LogP contribution < -0.4 is 4.90 Å². The maximum absolute atomic E-state index is 13.5. The number of piperazine rings is 1. The lowest BCUT2D eigenvalue weighted by molar-refractivity contribution is 0.231. The molecule has 1 aromatic rings. The lowest BCUT2D eigenvalue weighted by atomic mass is 10.1. The minimum atomic E-state index is -0.272. The molecule has 0 saturated carbocycles. The third kappa shape index (κ3) is 3.91. The van der Waals surface area contributed by atoms with Crippen molar-refractivity contribution in [2.75, 3.05) is 37.6 Å². The van der Waals surface area contributed by atoms with Gasteiger partial charge in [0.2, 0.25) is 0 Å². The van der Waals surface area contributed by atoms with E-state index in [2.05, 4.69) is 23.6 Å². The van der Waals surface area contributed by atoms with E-state index in [4.69, 9.17) is 5.11 Å². The van der Waals surface area contributed by atoms with E-state index in [1.54, 1.807) is 6.07 Å². The average Bonchev–Trinajstić information content (AvgIpc) is 2.38. The second kappa shape index (κ2) is 6.35. The molecule has 1 saturated heterocycles. The van der Waals surface area contributed by atoms with Crippen LogP contribution in [0, 0.1) is 11.7 Å². The van der Waals surface area contributed by atoms with Crippen LogP contribution in [0.25, 0.3) is 0 Å². The number of rotatable bonds is 4. The lowest BCUT2D eigenvalue weighted by Crippen LogP contribution is -2.47. The van der Waals surface area contributed by atoms with Crippen molar-refractivity contribution in [3.63, 3.8) is 0 Å². The van der Waals surface area contributed by atoms with Crippen molar-refractivity contribution in [3.05, 3.63) is 29.6 Å². The number of halogens is 1. The minimum absolute atomic E-state index is 0.113. The lowest BCUT2D eigenvalue weighted by Gasteiger charge is -2.37. The monoisotopic (exact) mass is 266 g/mol. The highest BCUT2D eigenvalue weighted by Crippen LogP contribution is 2.20. The van der Waals surface area contributed by atoms with Crippen LogP contribution in [-0.4, -0.2) is 42.7 Å². The van der Waals surface area contributed by atoms with Crippen molar-refractivity contribution >= 4 is 5.69 Å². The largest absolute Gasteiger partial charge is 0.392 e. The summed E-state index contributed by atoms with van der Waals surface area (Å²) in [5, 5.41) is 9.13. The van der Waals surface area contributed by atoms with Crippen LogP contribution in [0.5, 0.6) is 0 Å². The summed E-state index contributed by atoms with van der Waals surface area (Å²) in [5.41, 5.74) is 1.52. The number of benzene rings is 1. The van der Waals surface area contributed by atoms with Gasteiger partial charge in [0.05, 0.1) is 6.61 Å². The van der Waals surface area contributed by atoms with E-state index in [0.717, 1.165) is 38.4 Å². The highest BCUT2D eigenvalue weighted by molar-refractivity contribution is 5.49. The van der Waals surface area contributed by atoms with Crippen LogP contribution >= 0.6 is 0 Å². The van der Waals surface area contributed by atoms with Gasteiger partial charge in [-0.15, -0.1) is 0 Å². The molecule has 1 fully saturated rings. The van der Waals surface area contributed by atoms with E-state index in [9.17, 15) is 4.39 Å². The molecule has 2 rings (SSSR count). The zero-order valence-electron chi connectivity index (χ0n) is 11.8. The summed E-state index contributed by atoms with van der Waals surface area (Å²) < 4.78 is 13.5. The SMILES string of the molecule is CC(C)CN1CCN(c2cc(F)cc(CO)c2)CC1. The second-order valence-corrected chi connectivity index (χ2v) is 5.66. The Balaban J connectivity index is 1.99. The fraction of sp³-hybridized carbons (Fsp3) is 0.600. The maximum Gasteiger partial charge on any atom is 0.125 e. The molecule has 0 amide bonds. The number of aliphatic hydroxyl groups is 1. The highest BCUT2D eigenvalue weighted by atomic mass is 19.1. The van der Waals surface area contributed by atoms with E-state index >= 15 is 0 Å². The Morgan fingerprint density at radius 1 is 1.16 bits per heavy atom. The van der Waals surface area contributed by atoms with Crippen LogP contribution in [0.15, 0.2) is 18.2 Å². The molecule has 4 heteroatoms. The first-order valence-electron chi connectivity index (χ1n) is 6.96. The van der Waals surface area contributed by atoms with Gasteiger partial charge in [0.1, 0.15) is 5.82 Å². The standard InChI is InChI=1S/C15H23FN2O/c1-12(2)10-17-3-5-18(6-4-17)15-8-13(11-19)7-14(16)9-15/h7-9,12,19H,3-6,10-11H2,1-2H3. The summed E-state index contributed by atoms with van der Waals surface area (Å²) in [6.45, 7) is 9.34. The van der Waals surface area contributed by atoms with Gasteiger partial charge < -0.3 is 10.0 Å². The normalized spacial score (nSPS) is 17.2. The summed E-state index contributed by atoms with van der Waals surface area (Å²) in [5.74, 6) is 0.410. The molecular weight excluding hydrogens is 243 g/mol. The smallest absolute Gasteiger partial charge is 0.125 e. The highest BCUT2D eigenvalue weighted by Gasteiger charge is 2.18. The predicted molar refractivity (Wildman–Crippen MR) is 75.8 cm³/mol. The van der Waals surface area contributed by atoms with Crippen molar-refractivity contribution in [2.24, 2.45) is 5.92 Å². The molecule has 0 aliphatic carbocycles. The zero-order chi connectivity index (χ0) is 13.8. The van der Waals surface area contributed by atoms with E-state index in [0.29, 0.717) is 11.5 Å². The molecule has 0 unspecified atom stereocenters. The Morgan fingerprint density at radius 2 is 1.84 bits per heavy atom.